The third-order valence-corrected chi connectivity index (χ3v) is 8.58. The third kappa shape index (κ3) is 5.73. The Morgan fingerprint density at radius 1 is 1.24 bits per heavy atom. The maximum Gasteiger partial charge on any atom is 0.263 e. The Bertz CT molecular complexity index is 1190. The highest BCUT2D eigenvalue weighted by Crippen LogP contribution is 2.35. The van der Waals surface area contributed by atoms with Crippen LogP contribution in [0.25, 0.3) is 10.2 Å². The van der Waals surface area contributed by atoms with E-state index in [-0.39, 0.29) is 22.8 Å². The number of carbonyl (C=O) groups excluding carboxylic acids is 1. The predicted molar refractivity (Wildman–Crippen MR) is 140 cm³/mol. The van der Waals surface area contributed by atoms with Gasteiger partial charge in [0.05, 0.1) is 23.8 Å². The highest BCUT2D eigenvalue weighted by Gasteiger charge is 2.24. The minimum absolute atomic E-state index is 0.00668. The molecule has 0 fully saturated rings. The minimum Gasteiger partial charge on any atom is -0.383 e. The Balaban J connectivity index is 1.49. The van der Waals surface area contributed by atoms with Crippen LogP contribution in [0.4, 0.5) is 0 Å². The van der Waals surface area contributed by atoms with E-state index in [4.69, 9.17) is 9.72 Å². The lowest BCUT2D eigenvalue weighted by Crippen LogP contribution is -2.38. The van der Waals surface area contributed by atoms with Gasteiger partial charge in [-0.2, -0.15) is 0 Å². The lowest BCUT2D eigenvalue weighted by atomic mass is 9.97. The molecule has 6 nitrogen and oxygen atoms in total. The topological polar surface area (TPSA) is 73.2 Å². The zero-order valence-electron chi connectivity index (χ0n) is 20.1. The minimum atomic E-state index is -0.369. The molecule has 0 aliphatic heterocycles. The first-order valence-corrected chi connectivity index (χ1v) is 13.7. The molecule has 0 saturated carbocycles. The van der Waals surface area contributed by atoms with E-state index < -0.39 is 0 Å². The van der Waals surface area contributed by atoms with Crippen molar-refractivity contribution in [3.63, 3.8) is 0 Å². The number of ether oxygens (including phenoxy) is 1. The molecule has 2 heterocycles. The highest BCUT2D eigenvalue weighted by molar-refractivity contribution is 8.00. The van der Waals surface area contributed by atoms with Crippen molar-refractivity contribution >= 4 is 39.2 Å². The summed E-state index contributed by atoms with van der Waals surface area (Å²) >= 11 is 2.99. The van der Waals surface area contributed by atoms with Crippen LogP contribution < -0.4 is 10.9 Å². The van der Waals surface area contributed by atoms with E-state index in [2.05, 4.69) is 17.4 Å². The van der Waals surface area contributed by atoms with Crippen LogP contribution in [0, 0.1) is 0 Å². The summed E-state index contributed by atoms with van der Waals surface area (Å²) in [7, 11) is 1.63. The van der Waals surface area contributed by atoms with Gasteiger partial charge in [0, 0.05) is 18.0 Å². The van der Waals surface area contributed by atoms with Crippen LogP contribution in [0.15, 0.2) is 40.3 Å². The molecule has 0 saturated heterocycles. The molecule has 0 unspecified atom stereocenters. The van der Waals surface area contributed by atoms with E-state index >= 15 is 0 Å². The first-order chi connectivity index (χ1) is 16.5. The molecule has 0 bridgehead atoms. The summed E-state index contributed by atoms with van der Waals surface area (Å²) in [5, 5.41) is 4.12. The zero-order valence-corrected chi connectivity index (χ0v) is 21.8. The number of aromatic nitrogens is 2. The number of hydrogen-bond acceptors (Lipinski definition) is 6. The van der Waals surface area contributed by atoms with Crippen molar-refractivity contribution in [2.24, 2.45) is 0 Å². The van der Waals surface area contributed by atoms with E-state index in [9.17, 15) is 9.59 Å². The van der Waals surface area contributed by atoms with Crippen LogP contribution in [-0.2, 0) is 35.3 Å². The SMILES string of the molecule is COCCn1c(S[C@@H](C)C(=O)N[C@@H](C)CCc2ccccc2)nc2sc3c(c2c1=O)CCCC3. The fraction of sp³-hybridized carbons (Fsp3) is 0.500. The number of nitrogens with one attached hydrogen (secondary N) is 1. The predicted octanol–water partition coefficient (Wildman–Crippen LogP) is 4.60. The smallest absolute Gasteiger partial charge is 0.263 e. The number of benzene rings is 1. The molecule has 8 heteroatoms. The Morgan fingerprint density at radius 2 is 2.00 bits per heavy atom. The third-order valence-electron chi connectivity index (χ3n) is 6.31. The number of hydrogen-bond donors (Lipinski definition) is 1. The van der Waals surface area contributed by atoms with E-state index in [1.165, 1.54) is 34.2 Å². The number of nitrogens with zero attached hydrogens (tertiary/aromatic N) is 2. The quantitative estimate of drug-likeness (QED) is 0.326. The zero-order chi connectivity index (χ0) is 24.1. The summed E-state index contributed by atoms with van der Waals surface area (Å²) in [5.74, 6) is -0.0383. The summed E-state index contributed by atoms with van der Waals surface area (Å²) in [6.07, 6.45) is 6.04. The first kappa shape index (κ1) is 24.9. The van der Waals surface area contributed by atoms with Gasteiger partial charge in [0.25, 0.3) is 5.56 Å². The molecular weight excluding hydrogens is 466 g/mol. The molecular formula is C26H33N3O3S2. The van der Waals surface area contributed by atoms with Gasteiger partial charge in [-0.25, -0.2) is 4.98 Å². The molecule has 0 radical (unpaired) electrons. The number of amides is 1. The lowest BCUT2D eigenvalue weighted by molar-refractivity contribution is -0.120. The Labute approximate surface area is 209 Å². The molecule has 1 aromatic carbocycles. The van der Waals surface area contributed by atoms with Crippen molar-refractivity contribution in [2.45, 2.75) is 75.4 Å². The Morgan fingerprint density at radius 3 is 2.76 bits per heavy atom. The van der Waals surface area contributed by atoms with Gasteiger partial charge in [-0.05, 0) is 63.5 Å². The van der Waals surface area contributed by atoms with Gasteiger partial charge < -0.3 is 10.1 Å². The molecule has 0 spiro atoms. The van der Waals surface area contributed by atoms with Crippen LogP contribution in [0.1, 0.15) is 49.1 Å². The second-order valence-electron chi connectivity index (χ2n) is 8.93. The number of thiophene rings is 1. The van der Waals surface area contributed by atoms with Gasteiger partial charge in [0.1, 0.15) is 4.83 Å². The normalized spacial score (nSPS) is 15.1. The van der Waals surface area contributed by atoms with Gasteiger partial charge in [0.15, 0.2) is 5.16 Å². The van der Waals surface area contributed by atoms with Gasteiger partial charge >= 0.3 is 0 Å². The standard InChI is InChI=1S/C26H33N3O3S2/c1-17(13-14-19-9-5-4-6-10-19)27-23(30)18(2)33-26-28-24-22(25(31)29(26)15-16-32-3)20-11-7-8-12-21(20)34-24/h4-6,9-10,17-18H,7-8,11-16H2,1-3H3,(H,27,30)/t17-,18-/m0/s1. The Hall–Kier alpha value is -2.16. The van der Waals surface area contributed by atoms with E-state index in [1.54, 1.807) is 23.0 Å². The number of thioether (sulfide) groups is 1. The van der Waals surface area contributed by atoms with Gasteiger partial charge in [0.2, 0.25) is 5.91 Å². The number of rotatable bonds is 10. The van der Waals surface area contributed by atoms with Crippen LogP contribution >= 0.6 is 23.1 Å². The van der Waals surface area contributed by atoms with Crippen molar-refractivity contribution < 1.29 is 9.53 Å². The van der Waals surface area contributed by atoms with E-state index in [0.717, 1.165) is 42.3 Å². The maximum atomic E-state index is 13.5. The number of carbonyl (C=O) groups is 1. The summed E-state index contributed by atoms with van der Waals surface area (Å²) in [5.41, 5.74) is 2.45. The molecule has 3 aromatic rings. The maximum absolute atomic E-state index is 13.5. The molecule has 2 atom stereocenters. The highest BCUT2D eigenvalue weighted by atomic mass is 32.2. The Kier molecular flexibility index (Phi) is 8.45. The number of aryl methyl sites for hydroxylation is 3. The monoisotopic (exact) mass is 499 g/mol. The summed E-state index contributed by atoms with van der Waals surface area (Å²) < 4.78 is 6.95. The van der Waals surface area contributed by atoms with Crippen molar-refractivity contribution in [1.29, 1.82) is 0 Å². The molecule has 1 aliphatic carbocycles. The van der Waals surface area contributed by atoms with Gasteiger partial charge in [-0.15, -0.1) is 11.3 Å². The summed E-state index contributed by atoms with van der Waals surface area (Å²) in [6, 6.07) is 10.4. The largest absolute Gasteiger partial charge is 0.383 e. The van der Waals surface area contributed by atoms with Crippen molar-refractivity contribution in [3.8, 4) is 0 Å². The van der Waals surface area contributed by atoms with Crippen molar-refractivity contribution in [3.05, 3.63) is 56.7 Å². The second kappa shape index (κ2) is 11.5. The molecule has 1 aliphatic rings. The summed E-state index contributed by atoms with van der Waals surface area (Å²) in [6.45, 7) is 4.75. The van der Waals surface area contributed by atoms with Crippen LogP contribution in [-0.4, -0.2) is 40.5 Å². The average molecular weight is 500 g/mol. The summed E-state index contributed by atoms with van der Waals surface area (Å²) in [4.78, 5) is 33.4. The number of methoxy groups -OCH3 is 1. The van der Waals surface area contributed by atoms with Crippen LogP contribution in [0.5, 0.6) is 0 Å². The lowest BCUT2D eigenvalue weighted by Gasteiger charge is -2.19. The van der Waals surface area contributed by atoms with Gasteiger partial charge in [-0.1, -0.05) is 42.1 Å². The molecule has 1 N–H and O–H groups in total. The average Bonchev–Trinajstić information content (AvgIpc) is 3.21. The van der Waals surface area contributed by atoms with Crippen LogP contribution in [0.3, 0.4) is 0 Å². The van der Waals surface area contributed by atoms with E-state index in [1.807, 2.05) is 32.0 Å². The van der Waals surface area contributed by atoms with Crippen molar-refractivity contribution in [1.82, 2.24) is 14.9 Å². The molecule has 182 valence electrons. The molecule has 2 aromatic heterocycles. The van der Waals surface area contributed by atoms with Gasteiger partial charge in [-0.3, -0.25) is 14.2 Å². The molecule has 4 rings (SSSR count). The van der Waals surface area contributed by atoms with E-state index in [0.29, 0.717) is 18.3 Å². The molecule has 34 heavy (non-hydrogen) atoms. The van der Waals surface area contributed by atoms with Crippen molar-refractivity contribution in [2.75, 3.05) is 13.7 Å². The number of fused-ring (bicyclic) bond motifs is 3. The second-order valence-corrected chi connectivity index (χ2v) is 11.3. The first-order valence-electron chi connectivity index (χ1n) is 12.0. The van der Waals surface area contributed by atoms with Crippen LogP contribution in [0.2, 0.25) is 0 Å². The molecule has 1 amide bonds. The fourth-order valence-electron chi connectivity index (χ4n) is 4.36. The fourth-order valence-corrected chi connectivity index (χ4v) is 6.61.